The summed E-state index contributed by atoms with van der Waals surface area (Å²) in [6.07, 6.45) is 0.270. The molecule has 0 amide bonds. The Hall–Kier alpha value is -0.940. The Bertz CT molecular complexity index is 711. The fourth-order valence-electron chi connectivity index (χ4n) is 5.41. The number of nitrogens with one attached hydrogen (secondary N) is 1. The average Bonchev–Trinajstić information content (AvgIpc) is 3.21. The quantitative estimate of drug-likeness (QED) is 0.356. The summed E-state index contributed by atoms with van der Waals surface area (Å²) in [7, 11) is 1.91. The summed E-state index contributed by atoms with van der Waals surface area (Å²) in [4.78, 5) is 14.8. The second-order valence-corrected chi connectivity index (χ2v) is 8.76. The summed E-state index contributed by atoms with van der Waals surface area (Å²) in [6.45, 7) is 11.8. The number of fused-ring (bicyclic) bond motifs is 4. The highest BCUT2D eigenvalue weighted by Gasteiger charge is 2.41. The van der Waals surface area contributed by atoms with Crippen LogP contribution < -0.4 is 5.32 Å². The second kappa shape index (κ2) is 10.1. The van der Waals surface area contributed by atoms with E-state index in [0.29, 0.717) is 12.1 Å². The van der Waals surface area contributed by atoms with E-state index >= 15 is 0 Å². The number of rotatable bonds is 4. The van der Waals surface area contributed by atoms with Crippen molar-refractivity contribution in [3.63, 3.8) is 0 Å². The molecule has 5 aliphatic heterocycles. The molecule has 1 aromatic rings. The van der Waals surface area contributed by atoms with Crippen molar-refractivity contribution in [3.8, 4) is 0 Å². The molecule has 5 fully saturated rings. The molecule has 0 radical (unpaired) electrons. The van der Waals surface area contributed by atoms with Crippen LogP contribution in [-0.2, 0) is 11.3 Å². The van der Waals surface area contributed by atoms with E-state index in [-0.39, 0.29) is 30.1 Å². The molecule has 0 aliphatic carbocycles. The van der Waals surface area contributed by atoms with Gasteiger partial charge in [0.15, 0.2) is 5.96 Å². The van der Waals surface area contributed by atoms with Gasteiger partial charge in [-0.25, -0.2) is 0 Å². The van der Waals surface area contributed by atoms with Crippen molar-refractivity contribution in [2.24, 2.45) is 4.99 Å². The van der Waals surface area contributed by atoms with Crippen LogP contribution in [0, 0.1) is 0 Å². The van der Waals surface area contributed by atoms with Gasteiger partial charge in [0.2, 0.25) is 0 Å². The lowest BCUT2D eigenvalue weighted by Crippen LogP contribution is -2.64. The van der Waals surface area contributed by atoms with Crippen molar-refractivity contribution in [3.05, 3.63) is 35.9 Å². The minimum absolute atomic E-state index is 0. The minimum Gasteiger partial charge on any atom is -0.373 e. The first kappa shape index (κ1) is 22.3. The molecule has 2 bridgehead atoms. The smallest absolute Gasteiger partial charge is 0.193 e. The molecule has 7 nitrogen and oxygen atoms in total. The molecule has 1 N–H and O–H groups in total. The van der Waals surface area contributed by atoms with Gasteiger partial charge in [-0.15, -0.1) is 24.0 Å². The Balaban J connectivity index is 0.00000218. The second-order valence-electron chi connectivity index (χ2n) is 8.76. The van der Waals surface area contributed by atoms with Gasteiger partial charge in [0.05, 0.1) is 18.8 Å². The number of ether oxygens (including phenoxy) is 1. The van der Waals surface area contributed by atoms with Crippen LogP contribution in [0.1, 0.15) is 5.56 Å². The average molecular weight is 526 g/mol. The Labute approximate surface area is 197 Å². The first-order chi connectivity index (χ1) is 14.3. The van der Waals surface area contributed by atoms with Crippen molar-refractivity contribution in [1.29, 1.82) is 0 Å². The monoisotopic (exact) mass is 526 g/mol. The molecule has 5 saturated heterocycles. The topological polar surface area (TPSA) is 46.6 Å². The zero-order valence-electron chi connectivity index (χ0n) is 17.9. The van der Waals surface area contributed by atoms with Crippen LogP contribution in [0.15, 0.2) is 35.3 Å². The maximum absolute atomic E-state index is 6.15. The van der Waals surface area contributed by atoms with E-state index in [4.69, 9.17) is 4.74 Å². The van der Waals surface area contributed by atoms with E-state index in [1.807, 2.05) is 7.05 Å². The summed E-state index contributed by atoms with van der Waals surface area (Å²) in [5.74, 6) is 1.03. The number of nitrogens with zero attached hydrogens (tertiary/aromatic N) is 5. The predicted octanol–water partition coefficient (Wildman–Crippen LogP) is 0.765. The lowest BCUT2D eigenvalue weighted by molar-refractivity contribution is -0.0502. The molecular weight excluding hydrogens is 491 g/mol. The highest BCUT2D eigenvalue weighted by atomic mass is 127. The number of guanidine groups is 1. The van der Waals surface area contributed by atoms with Crippen LogP contribution in [0.4, 0.5) is 0 Å². The Kier molecular flexibility index (Phi) is 7.51. The summed E-state index contributed by atoms with van der Waals surface area (Å²) < 4.78 is 6.15. The molecule has 3 atom stereocenters. The van der Waals surface area contributed by atoms with E-state index in [1.54, 1.807) is 0 Å². The number of aliphatic imine (C=N–C) groups is 1. The van der Waals surface area contributed by atoms with Crippen LogP contribution in [0.2, 0.25) is 0 Å². The van der Waals surface area contributed by atoms with E-state index in [9.17, 15) is 0 Å². The van der Waals surface area contributed by atoms with Gasteiger partial charge in [-0.05, 0) is 5.56 Å². The number of hydrogen-bond acceptors (Lipinski definition) is 5. The minimum atomic E-state index is 0. The van der Waals surface area contributed by atoms with Gasteiger partial charge in [-0.1, -0.05) is 30.3 Å². The molecule has 0 saturated carbocycles. The van der Waals surface area contributed by atoms with Gasteiger partial charge in [0.1, 0.15) is 0 Å². The number of likely N-dealkylation sites (tertiary alicyclic amines) is 1. The lowest BCUT2D eigenvalue weighted by Gasteiger charge is -2.47. The molecule has 0 spiro atoms. The highest BCUT2D eigenvalue weighted by Crippen LogP contribution is 2.25. The van der Waals surface area contributed by atoms with E-state index in [0.717, 1.165) is 45.3 Å². The number of halogens is 1. The zero-order valence-corrected chi connectivity index (χ0v) is 20.3. The van der Waals surface area contributed by atoms with E-state index in [1.165, 1.54) is 38.3 Å². The molecule has 166 valence electrons. The largest absolute Gasteiger partial charge is 0.373 e. The first-order valence-corrected chi connectivity index (χ1v) is 11.1. The fourth-order valence-corrected chi connectivity index (χ4v) is 5.41. The zero-order chi connectivity index (χ0) is 19.6. The maximum atomic E-state index is 6.15. The predicted molar refractivity (Wildman–Crippen MR) is 131 cm³/mol. The molecule has 1 aromatic carbocycles. The van der Waals surface area contributed by atoms with Gasteiger partial charge >= 0.3 is 0 Å². The van der Waals surface area contributed by atoms with Gasteiger partial charge in [-0.2, -0.15) is 0 Å². The molecule has 8 heteroatoms. The molecule has 3 unspecified atom stereocenters. The van der Waals surface area contributed by atoms with Gasteiger partial charge in [0, 0.05) is 78.5 Å². The summed E-state index contributed by atoms with van der Waals surface area (Å²) in [5, 5.41) is 3.67. The van der Waals surface area contributed by atoms with Crippen LogP contribution in [0.25, 0.3) is 0 Å². The van der Waals surface area contributed by atoms with Crippen molar-refractivity contribution >= 4 is 29.9 Å². The highest BCUT2D eigenvalue weighted by molar-refractivity contribution is 14.0. The molecule has 6 rings (SSSR count). The van der Waals surface area contributed by atoms with Gasteiger partial charge in [-0.3, -0.25) is 19.7 Å². The van der Waals surface area contributed by atoms with Crippen molar-refractivity contribution in [2.45, 2.75) is 24.7 Å². The summed E-state index contributed by atoms with van der Waals surface area (Å²) in [6, 6.07) is 11.8. The van der Waals surface area contributed by atoms with Crippen molar-refractivity contribution < 1.29 is 4.74 Å². The third kappa shape index (κ3) is 4.77. The molecule has 5 heterocycles. The van der Waals surface area contributed by atoms with E-state index in [2.05, 4.69) is 60.2 Å². The van der Waals surface area contributed by atoms with Crippen LogP contribution in [0.3, 0.4) is 0 Å². The molecule has 0 aromatic heterocycles. The standard InChI is InChI=1S/C22H34N6O.HI/c1-23-22(24-13-19-15-25-7-9-26(19)10-8-25)28-16-20-21(17-28)29-12-11-27(20)14-18-5-3-2-4-6-18;/h2-6,19-21H,7-17H2,1H3,(H,23,24);1H. The Morgan fingerprint density at radius 1 is 1.07 bits per heavy atom. The maximum Gasteiger partial charge on any atom is 0.193 e. The molecular formula is C22H35IN6O. The lowest BCUT2D eigenvalue weighted by atomic mass is 10.1. The van der Waals surface area contributed by atoms with Gasteiger partial charge in [0.25, 0.3) is 0 Å². The number of hydrogen-bond donors (Lipinski definition) is 1. The summed E-state index contributed by atoms with van der Waals surface area (Å²) >= 11 is 0. The third-order valence-corrected chi connectivity index (χ3v) is 7.04. The fraction of sp³-hybridized carbons (Fsp3) is 0.682. The van der Waals surface area contributed by atoms with Crippen LogP contribution in [0.5, 0.6) is 0 Å². The van der Waals surface area contributed by atoms with E-state index < -0.39 is 0 Å². The van der Waals surface area contributed by atoms with Crippen molar-refractivity contribution in [1.82, 2.24) is 24.9 Å². The van der Waals surface area contributed by atoms with Crippen molar-refractivity contribution in [2.75, 3.05) is 72.6 Å². The summed E-state index contributed by atoms with van der Waals surface area (Å²) in [5.41, 5.74) is 1.38. The normalized spacial score (nSPS) is 33.8. The number of piperazine rings is 3. The number of morpholine rings is 1. The molecule has 5 aliphatic rings. The van der Waals surface area contributed by atoms with Crippen LogP contribution in [-0.4, -0.2) is 116 Å². The van der Waals surface area contributed by atoms with Crippen LogP contribution >= 0.6 is 24.0 Å². The first-order valence-electron chi connectivity index (χ1n) is 11.1. The number of benzene rings is 1. The molecule has 30 heavy (non-hydrogen) atoms. The SMILES string of the molecule is CN=C(NCC1CN2CCN1CC2)N1CC2OCCN(Cc3ccccc3)C2C1.I. The Morgan fingerprint density at radius 3 is 2.57 bits per heavy atom. The third-order valence-electron chi connectivity index (χ3n) is 7.04. The van der Waals surface area contributed by atoms with Gasteiger partial charge < -0.3 is 15.0 Å². The Morgan fingerprint density at radius 2 is 1.87 bits per heavy atom.